The second-order valence-corrected chi connectivity index (χ2v) is 3.89. The van der Waals surface area contributed by atoms with E-state index in [4.69, 9.17) is 9.47 Å². The molecule has 0 spiro atoms. The van der Waals surface area contributed by atoms with Gasteiger partial charge in [-0.1, -0.05) is 0 Å². The van der Waals surface area contributed by atoms with E-state index in [1.165, 1.54) is 12.8 Å². The van der Waals surface area contributed by atoms with Crippen molar-refractivity contribution in [2.24, 2.45) is 9.98 Å². The van der Waals surface area contributed by atoms with Crippen molar-refractivity contribution >= 4 is 36.1 Å². The molecule has 2 aliphatic rings. The molecular formula is C13H7N3O2. The molecule has 1 aromatic heterocycles. The zero-order chi connectivity index (χ0) is 11.9. The van der Waals surface area contributed by atoms with Crippen molar-refractivity contribution < 1.29 is 9.47 Å². The van der Waals surface area contributed by atoms with E-state index in [1.54, 1.807) is 18.6 Å². The van der Waals surface area contributed by atoms with Crippen molar-refractivity contribution in [1.29, 1.82) is 0 Å². The quantitative estimate of drug-likeness (QED) is 0.672. The first kappa shape index (κ1) is 9.35. The third-order valence-electron chi connectivity index (χ3n) is 2.92. The van der Waals surface area contributed by atoms with Gasteiger partial charge in [0.25, 0.3) is 0 Å². The van der Waals surface area contributed by atoms with Gasteiger partial charge in [0.2, 0.25) is 0 Å². The van der Waals surface area contributed by atoms with Crippen LogP contribution < -0.4 is 19.9 Å². The van der Waals surface area contributed by atoms with E-state index in [1.807, 2.05) is 12.1 Å². The molecule has 0 saturated carbocycles. The first-order valence-corrected chi connectivity index (χ1v) is 5.43. The highest BCUT2D eigenvalue weighted by Gasteiger charge is 2.16. The summed E-state index contributed by atoms with van der Waals surface area (Å²) < 4.78 is 11.0. The Labute approximate surface area is 101 Å². The van der Waals surface area contributed by atoms with Crippen molar-refractivity contribution in [1.82, 2.24) is 4.98 Å². The van der Waals surface area contributed by atoms with Gasteiger partial charge in [-0.3, -0.25) is 4.98 Å². The summed E-state index contributed by atoms with van der Waals surface area (Å²) in [6.45, 7) is 0. The van der Waals surface area contributed by atoms with Crippen molar-refractivity contribution in [3.8, 4) is 11.5 Å². The maximum atomic E-state index is 5.51. The average molecular weight is 237 g/mol. The summed E-state index contributed by atoms with van der Waals surface area (Å²) >= 11 is 0. The summed E-state index contributed by atoms with van der Waals surface area (Å²) in [5.41, 5.74) is 0.761. The molecule has 18 heavy (non-hydrogen) atoms. The van der Waals surface area contributed by atoms with Crippen LogP contribution in [0, 0.1) is 0 Å². The smallest absolute Gasteiger partial charge is 0.181 e. The normalized spacial score (nSPS) is 14.9. The van der Waals surface area contributed by atoms with Crippen LogP contribution in [0.25, 0.3) is 23.3 Å². The highest BCUT2D eigenvalue weighted by atomic mass is 16.5. The van der Waals surface area contributed by atoms with Gasteiger partial charge in [0.1, 0.15) is 11.3 Å². The summed E-state index contributed by atoms with van der Waals surface area (Å²) in [6, 6.07) is 3.81. The van der Waals surface area contributed by atoms with E-state index >= 15 is 0 Å². The molecule has 3 heterocycles. The van der Waals surface area contributed by atoms with Gasteiger partial charge in [-0.2, -0.15) is 0 Å². The Kier molecular flexibility index (Phi) is 1.77. The molecular weight excluding hydrogens is 230 g/mol. The highest BCUT2D eigenvalue weighted by molar-refractivity contribution is 5.93. The highest BCUT2D eigenvalue weighted by Crippen LogP contribution is 2.26. The van der Waals surface area contributed by atoms with Gasteiger partial charge < -0.3 is 9.47 Å². The lowest BCUT2D eigenvalue weighted by molar-refractivity contribution is 0.553. The maximum absolute atomic E-state index is 5.51. The van der Waals surface area contributed by atoms with Crippen LogP contribution in [0.5, 0.6) is 11.5 Å². The van der Waals surface area contributed by atoms with Crippen molar-refractivity contribution in [3.05, 3.63) is 28.8 Å². The average Bonchev–Trinajstić information content (AvgIpc) is 2.48. The van der Waals surface area contributed by atoms with Crippen LogP contribution in [0.3, 0.4) is 0 Å². The number of nitrogens with zero attached hydrogens (tertiary/aromatic N) is 3. The molecule has 0 fully saturated rings. The zero-order valence-corrected chi connectivity index (χ0v) is 9.20. The van der Waals surface area contributed by atoms with Crippen LogP contribution in [-0.4, -0.2) is 17.8 Å². The molecule has 0 aliphatic carbocycles. The third kappa shape index (κ3) is 1.13. The number of rotatable bonds is 0. The Morgan fingerprint density at radius 2 is 1.61 bits per heavy atom. The number of hydrogen-bond donors (Lipinski definition) is 0. The van der Waals surface area contributed by atoms with Crippen LogP contribution in [-0.2, 0) is 0 Å². The molecule has 0 saturated heterocycles. The summed E-state index contributed by atoms with van der Waals surface area (Å²) in [5, 5.41) is 2.61. The molecule has 2 aromatic rings. The Balaban J connectivity index is 2.34. The molecule has 0 N–H and O–H groups in total. The summed E-state index contributed by atoms with van der Waals surface area (Å²) in [5.74, 6) is 1.43. The maximum Gasteiger partial charge on any atom is 0.181 e. The van der Waals surface area contributed by atoms with E-state index in [2.05, 4.69) is 15.0 Å². The minimum Gasteiger partial charge on any atom is -0.444 e. The van der Waals surface area contributed by atoms with Gasteiger partial charge in [0.15, 0.2) is 18.6 Å². The fraction of sp³-hybridized carbons (Fsp3) is 0. The molecule has 5 nitrogen and oxygen atoms in total. The van der Waals surface area contributed by atoms with E-state index < -0.39 is 0 Å². The second kappa shape index (κ2) is 3.40. The lowest BCUT2D eigenvalue weighted by Gasteiger charge is -2.13. The van der Waals surface area contributed by atoms with Crippen LogP contribution in [0.4, 0.5) is 0 Å². The monoisotopic (exact) mass is 237 g/mol. The summed E-state index contributed by atoms with van der Waals surface area (Å²) in [4.78, 5) is 12.4. The molecule has 2 aliphatic heterocycles. The second-order valence-electron chi connectivity index (χ2n) is 3.89. The van der Waals surface area contributed by atoms with Gasteiger partial charge in [0.05, 0.1) is 5.22 Å². The first-order valence-electron chi connectivity index (χ1n) is 5.43. The minimum atomic E-state index is 0.691. The number of fused-ring (bicyclic) bond motifs is 6. The standard InChI is InChI=1S/C13H7N3O2/c1-2-8-11(16-3-1)13-10(5-15-7-18-13)9-4-14-6-17-12(8)9/h1-7H. The molecule has 0 bridgehead atoms. The summed E-state index contributed by atoms with van der Waals surface area (Å²) in [7, 11) is 0. The Morgan fingerprint density at radius 1 is 0.889 bits per heavy atom. The Hall–Kier alpha value is -2.69. The topological polar surface area (TPSA) is 56.1 Å². The number of hydrogen-bond acceptors (Lipinski definition) is 5. The van der Waals surface area contributed by atoms with Crippen molar-refractivity contribution in [2.75, 3.05) is 0 Å². The number of aromatic nitrogens is 1. The van der Waals surface area contributed by atoms with E-state index in [0.29, 0.717) is 5.75 Å². The molecule has 0 unspecified atom stereocenters. The lowest BCUT2D eigenvalue weighted by atomic mass is 10.1. The SMILES string of the molecule is C1=NC=c2c(c3cccnc3c3c2=CN=CO3)O1. The predicted octanol–water partition coefficient (Wildman–Crippen LogP) is 0.552. The fourth-order valence-electron chi connectivity index (χ4n) is 2.17. The molecule has 0 radical (unpaired) electrons. The minimum absolute atomic E-state index is 0.691. The van der Waals surface area contributed by atoms with Gasteiger partial charge in [-0.25, -0.2) is 9.98 Å². The number of benzene rings is 1. The fourth-order valence-corrected chi connectivity index (χ4v) is 2.17. The van der Waals surface area contributed by atoms with Crippen LogP contribution >= 0.6 is 0 Å². The Morgan fingerprint density at radius 3 is 2.44 bits per heavy atom. The largest absolute Gasteiger partial charge is 0.444 e. The van der Waals surface area contributed by atoms with Crippen molar-refractivity contribution in [2.45, 2.75) is 0 Å². The molecule has 5 heteroatoms. The molecule has 4 rings (SSSR count). The van der Waals surface area contributed by atoms with Gasteiger partial charge in [-0.15, -0.1) is 0 Å². The van der Waals surface area contributed by atoms with Crippen LogP contribution in [0.15, 0.2) is 28.3 Å². The number of aliphatic imine (C=N–C) groups is 2. The number of pyridine rings is 1. The van der Waals surface area contributed by atoms with Crippen molar-refractivity contribution in [3.63, 3.8) is 0 Å². The molecule has 0 atom stereocenters. The zero-order valence-electron chi connectivity index (χ0n) is 9.20. The predicted molar refractivity (Wildman–Crippen MR) is 68.2 cm³/mol. The van der Waals surface area contributed by atoms with Gasteiger partial charge >= 0.3 is 0 Å². The Bertz CT molecular complexity index is 767. The summed E-state index contributed by atoms with van der Waals surface area (Å²) in [6.07, 6.45) is 8.01. The van der Waals surface area contributed by atoms with Crippen LogP contribution in [0.2, 0.25) is 0 Å². The first-order chi connectivity index (χ1) is 8.95. The van der Waals surface area contributed by atoms with Gasteiger partial charge in [0, 0.05) is 29.2 Å². The number of ether oxygens (including phenoxy) is 2. The van der Waals surface area contributed by atoms with E-state index in [9.17, 15) is 0 Å². The lowest BCUT2D eigenvalue weighted by Crippen LogP contribution is -2.31. The van der Waals surface area contributed by atoms with E-state index in [0.717, 1.165) is 27.1 Å². The molecule has 1 aromatic carbocycles. The molecule has 86 valence electrons. The van der Waals surface area contributed by atoms with E-state index in [-0.39, 0.29) is 0 Å². The molecule has 0 amide bonds. The third-order valence-corrected chi connectivity index (χ3v) is 2.92. The van der Waals surface area contributed by atoms with Crippen LogP contribution in [0.1, 0.15) is 0 Å². The van der Waals surface area contributed by atoms with Gasteiger partial charge in [-0.05, 0) is 12.1 Å².